The number of carbonyl (C=O) groups is 1. The minimum atomic E-state index is -0.436. The summed E-state index contributed by atoms with van der Waals surface area (Å²) in [6.07, 6.45) is 2.50. The molecule has 2 aliphatic carbocycles. The van der Waals surface area contributed by atoms with E-state index < -0.39 is 6.10 Å². The van der Waals surface area contributed by atoms with Crippen molar-refractivity contribution in [3.63, 3.8) is 0 Å². The predicted molar refractivity (Wildman–Crippen MR) is 95.0 cm³/mol. The highest BCUT2D eigenvalue weighted by molar-refractivity contribution is 5.93. The van der Waals surface area contributed by atoms with Gasteiger partial charge in [0.05, 0.1) is 0 Å². The predicted octanol–water partition coefficient (Wildman–Crippen LogP) is 2.90. The SMILES string of the molecule is CC[C@@H]1[C@H]2[C@H]3Cc4[12cH]cc(O)c5c4[C@@]2(CCN3C)[C@@H](O5)C(=O)C1(C)C. The van der Waals surface area contributed by atoms with E-state index in [9.17, 15) is 9.90 Å². The van der Waals surface area contributed by atoms with Gasteiger partial charge < -0.3 is 14.7 Å². The van der Waals surface area contributed by atoms with Crippen molar-refractivity contribution >= 4 is 5.78 Å². The van der Waals surface area contributed by atoms with Crippen LogP contribution in [0.1, 0.15) is 44.7 Å². The summed E-state index contributed by atoms with van der Waals surface area (Å²) in [5, 5.41) is 10.5. The van der Waals surface area contributed by atoms with Crippen molar-refractivity contribution in [3.8, 4) is 11.5 Å². The third-order valence-corrected chi connectivity index (χ3v) is 7.95. The number of carbonyl (C=O) groups excluding carboxylic acids is 1. The number of piperidine rings is 1. The molecule has 1 saturated heterocycles. The number of ether oxygens (including phenoxy) is 1. The standard InChI is InChI=1S/C21H27NO3/c1-5-12-16-13-10-11-6-7-14(23)17-15(11)21(16,8-9-22(13)4)19(25-17)18(24)20(12,2)3/h6-7,12-13,16,19,23H,5,8-10H2,1-4H3/t12-,13-,16+,19+,21-/m1/s1/i6+0. The molecule has 1 spiro atoms. The van der Waals surface area contributed by atoms with Crippen molar-refractivity contribution in [1.29, 1.82) is 0 Å². The monoisotopic (exact) mass is 341 g/mol. The zero-order chi connectivity index (χ0) is 17.7. The second-order valence-corrected chi connectivity index (χ2v) is 9.11. The van der Waals surface area contributed by atoms with Crippen LogP contribution in [0.3, 0.4) is 0 Å². The number of Topliss-reactive ketones (excluding diaryl/α,β-unsaturated/α-hetero) is 1. The summed E-state index contributed by atoms with van der Waals surface area (Å²) in [6, 6.07) is 4.24. The van der Waals surface area contributed by atoms with Gasteiger partial charge in [0.15, 0.2) is 23.4 Å². The summed E-state index contributed by atoms with van der Waals surface area (Å²) >= 11 is 0. The van der Waals surface area contributed by atoms with Gasteiger partial charge in [-0.3, -0.25) is 4.79 Å². The van der Waals surface area contributed by atoms with Gasteiger partial charge in [-0.05, 0) is 49.9 Å². The Labute approximate surface area is 149 Å². The maximum absolute atomic E-state index is 13.5. The van der Waals surface area contributed by atoms with E-state index in [4.69, 9.17) is 4.74 Å². The van der Waals surface area contributed by atoms with Crippen LogP contribution < -0.4 is 4.74 Å². The summed E-state index contributed by atoms with van der Waals surface area (Å²) in [4.78, 5) is 16.0. The van der Waals surface area contributed by atoms with Gasteiger partial charge in [-0.2, -0.15) is 0 Å². The van der Waals surface area contributed by atoms with Crippen molar-refractivity contribution < 1.29 is 14.6 Å². The first-order valence-electron chi connectivity index (χ1n) is 9.60. The van der Waals surface area contributed by atoms with Crippen LogP contribution in [0, 0.1) is 17.3 Å². The van der Waals surface area contributed by atoms with Crippen LogP contribution in [0.25, 0.3) is 0 Å². The molecule has 1 N–H and O–H groups in total. The zero-order valence-electron chi connectivity index (χ0n) is 15.5. The van der Waals surface area contributed by atoms with Crippen LogP contribution >= 0.6 is 0 Å². The number of hydrogen-bond donors (Lipinski definition) is 1. The lowest BCUT2D eigenvalue weighted by molar-refractivity contribution is -0.164. The highest BCUT2D eigenvalue weighted by Crippen LogP contribution is 2.67. The Balaban J connectivity index is 1.84. The third-order valence-electron chi connectivity index (χ3n) is 7.95. The summed E-state index contributed by atoms with van der Waals surface area (Å²) in [7, 11) is 2.23. The molecular formula is C21H27NO3. The summed E-state index contributed by atoms with van der Waals surface area (Å²) in [5.41, 5.74) is 1.80. The molecule has 0 unspecified atom stereocenters. The third kappa shape index (κ3) is 1.57. The number of nitrogens with zero attached hydrogens (tertiary/aromatic N) is 1. The lowest BCUT2D eigenvalue weighted by atomic mass is 9.43. The molecule has 25 heavy (non-hydrogen) atoms. The highest BCUT2D eigenvalue weighted by Gasteiger charge is 2.71. The maximum Gasteiger partial charge on any atom is 0.180 e. The first-order chi connectivity index (χ1) is 11.8. The molecule has 2 fully saturated rings. The van der Waals surface area contributed by atoms with Gasteiger partial charge in [-0.1, -0.05) is 33.3 Å². The van der Waals surface area contributed by atoms with Crippen molar-refractivity contribution in [3.05, 3.63) is 23.3 Å². The van der Waals surface area contributed by atoms with E-state index in [0.717, 1.165) is 31.4 Å². The molecule has 5 rings (SSSR count). The number of phenols is 1. The molecule has 4 heteroatoms. The van der Waals surface area contributed by atoms with E-state index in [0.29, 0.717) is 23.6 Å². The largest absolute Gasteiger partial charge is 0.504 e. The normalized spacial score (nSPS) is 40.6. The minimum absolute atomic E-state index is 0.192. The molecule has 1 aromatic carbocycles. The minimum Gasteiger partial charge on any atom is -0.504 e. The van der Waals surface area contributed by atoms with E-state index in [2.05, 4.69) is 38.8 Å². The van der Waals surface area contributed by atoms with Crippen molar-refractivity contribution in [1.82, 2.24) is 4.90 Å². The van der Waals surface area contributed by atoms with Crippen molar-refractivity contribution in [2.24, 2.45) is 17.3 Å². The van der Waals surface area contributed by atoms with Crippen molar-refractivity contribution in [2.75, 3.05) is 13.6 Å². The Morgan fingerprint density at radius 3 is 2.84 bits per heavy atom. The van der Waals surface area contributed by atoms with E-state index >= 15 is 0 Å². The van der Waals surface area contributed by atoms with Gasteiger partial charge in [0.2, 0.25) is 0 Å². The van der Waals surface area contributed by atoms with Gasteiger partial charge in [0, 0.05) is 22.4 Å². The second-order valence-electron chi connectivity index (χ2n) is 9.11. The number of benzene rings is 1. The number of aromatic hydroxyl groups is 1. The fourth-order valence-corrected chi connectivity index (χ4v) is 6.83. The summed E-state index contributed by atoms with van der Waals surface area (Å²) in [5.74, 6) is 1.76. The number of likely N-dealkylation sites (tertiary alicyclic amines) is 1. The molecule has 4 nitrogen and oxygen atoms in total. The number of likely N-dealkylation sites (N-methyl/N-ethyl adjacent to an activating group) is 1. The molecule has 2 heterocycles. The molecule has 2 bridgehead atoms. The summed E-state index contributed by atoms with van der Waals surface area (Å²) < 4.78 is 6.27. The van der Waals surface area contributed by atoms with Crippen LogP contribution in [0.5, 0.6) is 11.5 Å². The molecule has 1 saturated carbocycles. The molecule has 0 radical (unpaired) electrons. The quantitative estimate of drug-likeness (QED) is 0.853. The van der Waals surface area contributed by atoms with Gasteiger partial charge in [0.1, 0.15) is 0 Å². The zero-order valence-corrected chi connectivity index (χ0v) is 15.5. The van der Waals surface area contributed by atoms with Crippen LogP contribution in [0.15, 0.2) is 12.1 Å². The molecule has 5 atom stereocenters. The average Bonchev–Trinajstić information content (AvgIpc) is 2.92. The molecule has 1 aromatic rings. The van der Waals surface area contributed by atoms with Gasteiger partial charge in [-0.25, -0.2) is 0 Å². The topological polar surface area (TPSA) is 49.8 Å². The first kappa shape index (κ1) is 15.7. The Bertz CT molecular complexity index is 786. The lowest BCUT2D eigenvalue weighted by Crippen LogP contribution is -2.71. The lowest BCUT2D eigenvalue weighted by Gasteiger charge is -2.63. The van der Waals surface area contributed by atoms with Crippen molar-refractivity contribution in [2.45, 2.75) is 57.6 Å². The van der Waals surface area contributed by atoms with E-state index in [1.54, 1.807) is 6.07 Å². The molecule has 2 aliphatic heterocycles. The Kier molecular flexibility index (Phi) is 2.88. The average molecular weight is 341 g/mol. The Morgan fingerprint density at radius 1 is 1.36 bits per heavy atom. The highest BCUT2D eigenvalue weighted by atomic mass is 16.5. The summed E-state index contributed by atoms with van der Waals surface area (Å²) in [6.45, 7) is 7.42. The first-order valence-corrected chi connectivity index (χ1v) is 9.60. The molecule has 4 aliphatic rings. The Hall–Kier alpha value is -1.55. The second kappa shape index (κ2) is 4.59. The number of ketones is 1. The van der Waals surface area contributed by atoms with Gasteiger partial charge in [0.25, 0.3) is 0 Å². The van der Waals surface area contributed by atoms with Gasteiger partial charge in [-0.15, -0.1) is 0 Å². The smallest absolute Gasteiger partial charge is 0.180 e. The number of hydrogen-bond acceptors (Lipinski definition) is 4. The van der Waals surface area contributed by atoms with E-state index in [1.165, 1.54) is 5.56 Å². The van der Waals surface area contributed by atoms with E-state index in [-0.39, 0.29) is 22.4 Å². The maximum atomic E-state index is 13.5. The van der Waals surface area contributed by atoms with Crippen LogP contribution in [-0.2, 0) is 16.6 Å². The van der Waals surface area contributed by atoms with Crippen LogP contribution in [0.2, 0.25) is 0 Å². The Morgan fingerprint density at radius 2 is 2.12 bits per heavy atom. The number of phenolic OH excluding ortho intramolecular Hbond substituents is 1. The fourth-order valence-electron chi connectivity index (χ4n) is 6.83. The molecular weight excluding hydrogens is 314 g/mol. The van der Waals surface area contributed by atoms with E-state index in [1.807, 2.05) is 0 Å². The van der Waals surface area contributed by atoms with Gasteiger partial charge >= 0.3 is 0 Å². The van der Waals surface area contributed by atoms with Crippen LogP contribution in [0.4, 0.5) is 0 Å². The van der Waals surface area contributed by atoms with Crippen LogP contribution in [-0.4, -0.2) is 41.5 Å². The molecule has 0 amide bonds. The molecule has 0 aromatic heterocycles. The molecule has 134 valence electrons. The number of rotatable bonds is 1. The fraction of sp³-hybridized carbons (Fsp3) is 0.667.